The maximum Gasteiger partial charge on any atom is 0.126 e. The van der Waals surface area contributed by atoms with Crippen LogP contribution >= 0.6 is 0 Å². The van der Waals surface area contributed by atoms with Gasteiger partial charge in [0.15, 0.2) is 0 Å². The quantitative estimate of drug-likeness (QED) is 0.534. The van der Waals surface area contributed by atoms with Crippen molar-refractivity contribution in [2.24, 2.45) is 0 Å². The normalized spacial score (nSPS) is 14.4. The van der Waals surface area contributed by atoms with Gasteiger partial charge in [-0.15, -0.1) is 0 Å². The number of methoxy groups -OCH3 is 1. The summed E-state index contributed by atoms with van der Waals surface area (Å²) in [4.78, 5) is 7.15. The number of benzene rings is 2. The van der Waals surface area contributed by atoms with Gasteiger partial charge in [-0.05, 0) is 34.9 Å². The number of anilines is 1. The van der Waals surface area contributed by atoms with Gasteiger partial charge in [0.2, 0.25) is 0 Å². The van der Waals surface area contributed by atoms with Crippen molar-refractivity contribution < 1.29 is 9.94 Å². The molecule has 1 saturated heterocycles. The first-order valence-electron chi connectivity index (χ1n) is 11.6. The summed E-state index contributed by atoms with van der Waals surface area (Å²) in [5, 5.41) is 7.32. The van der Waals surface area contributed by atoms with Crippen LogP contribution in [0, 0.1) is 0 Å². The number of nitrogens with one attached hydrogen (secondary N) is 1. The third-order valence-electron chi connectivity index (χ3n) is 5.91. The van der Waals surface area contributed by atoms with Crippen LogP contribution in [0.4, 0.5) is 5.69 Å². The highest BCUT2D eigenvalue weighted by Crippen LogP contribution is 2.28. The topological polar surface area (TPSA) is 51.2 Å². The maximum atomic E-state index is 7.32. The van der Waals surface area contributed by atoms with Crippen LogP contribution in [-0.4, -0.2) is 76.0 Å². The molecular formula is C28H40N4O2. The lowest BCUT2D eigenvalue weighted by molar-refractivity contribution is 0.137. The summed E-state index contributed by atoms with van der Waals surface area (Å²) >= 11 is 0. The third kappa shape index (κ3) is 7.85. The van der Waals surface area contributed by atoms with Crippen molar-refractivity contribution in [2.75, 3.05) is 65.9 Å². The van der Waals surface area contributed by atoms with Crippen molar-refractivity contribution >= 4 is 23.9 Å². The van der Waals surface area contributed by atoms with Crippen molar-refractivity contribution in [2.45, 2.75) is 6.54 Å². The molecule has 6 heteroatoms. The minimum atomic E-state index is 0.849. The van der Waals surface area contributed by atoms with E-state index in [1.54, 1.807) is 12.6 Å². The molecule has 3 rings (SSSR count). The summed E-state index contributed by atoms with van der Waals surface area (Å²) in [5.74, 6) is 0.849. The highest BCUT2D eigenvalue weighted by atomic mass is 16.5. The van der Waals surface area contributed by atoms with Gasteiger partial charge in [0, 0.05) is 71.7 Å². The van der Waals surface area contributed by atoms with Crippen LogP contribution < -0.4 is 15.1 Å². The number of nitrogens with zero attached hydrogens (tertiary/aromatic N) is 3. The Morgan fingerprint density at radius 2 is 1.56 bits per heavy atom. The lowest BCUT2D eigenvalue weighted by Gasteiger charge is -2.34. The molecule has 1 heterocycles. The number of hydrogen-bond acceptors (Lipinski definition) is 6. The summed E-state index contributed by atoms with van der Waals surface area (Å²) in [6.45, 7) is 14.2. The van der Waals surface area contributed by atoms with E-state index in [0.29, 0.717) is 0 Å². The van der Waals surface area contributed by atoms with E-state index in [-0.39, 0.29) is 0 Å². The lowest BCUT2D eigenvalue weighted by atomic mass is 9.99. The van der Waals surface area contributed by atoms with E-state index in [2.05, 4.69) is 84.4 Å². The van der Waals surface area contributed by atoms with E-state index in [9.17, 15) is 0 Å². The molecule has 2 N–H and O–H groups in total. The Labute approximate surface area is 205 Å². The molecule has 0 atom stereocenters. The van der Waals surface area contributed by atoms with Gasteiger partial charge < -0.3 is 14.8 Å². The fourth-order valence-corrected chi connectivity index (χ4v) is 4.02. The third-order valence-corrected chi connectivity index (χ3v) is 5.91. The number of hydrogen-bond donors (Lipinski definition) is 2. The molecular weight excluding hydrogens is 424 g/mol. The van der Waals surface area contributed by atoms with Crippen LogP contribution in [-0.2, 0) is 6.54 Å². The molecule has 0 saturated carbocycles. The summed E-state index contributed by atoms with van der Waals surface area (Å²) in [6.07, 6.45) is 8.27. The Hall–Kier alpha value is -2.90. The first-order chi connectivity index (χ1) is 16.5. The molecule has 1 fully saturated rings. The van der Waals surface area contributed by atoms with Gasteiger partial charge >= 0.3 is 0 Å². The summed E-state index contributed by atoms with van der Waals surface area (Å²) < 4.78 is 5.48. The predicted octanol–water partition coefficient (Wildman–Crippen LogP) is 4.47. The molecule has 34 heavy (non-hydrogen) atoms. The fraction of sp³-hybridized carbons (Fsp3) is 0.357. The summed E-state index contributed by atoms with van der Waals surface area (Å²) in [7, 11) is 7.26. The van der Waals surface area contributed by atoms with E-state index in [1.165, 1.54) is 23.9 Å². The van der Waals surface area contributed by atoms with Crippen molar-refractivity contribution in [1.82, 2.24) is 15.3 Å². The van der Waals surface area contributed by atoms with Gasteiger partial charge in [0.25, 0.3) is 0 Å². The first kappa shape index (κ1) is 27.3. The molecule has 0 bridgehead atoms. The molecule has 2 aromatic carbocycles. The van der Waals surface area contributed by atoms with Crippen LogP contribution in [0.2, 0.25) is 0 Å². The zero-order valence-electron chi connectivity index (χ0n) is 21.1. The number of hydroxylamine groups is 1. The average Bonchev–Trinajstić information content (AvgIpc) is 2.85. The minimum Gasteiger partial charge on any atom is -0.496 e. The maximum absolute atomic E-state index is 7.32. The number of ether oxygens (including phenoxy) is 1. The highest BCUT2D eigenvalue weighted by molar-refractivity contribution is 5.71. The predicted molar refractivity (Wildman–Crippen MR) is 146 cm³/mol. The smallest absolute Gasteiger partial charge is 0.126 e. The molecule has 2 aromatic rings. The highest BCUT2D eigenvalue weighted by Gasteiger charge is 2.18. The molecule has 0 radical (unpaired) electrons. The lowest BCUT2D eigenvalue weighted by Crippen LogP contribution is -2.45. The molecule has 0 aromatic heterocycles. The van der Waals surface area contributed by atoms with Crippen LogP contribution in [0.5, 0.6) is 5.75 Å². The second-order valence-corrected chi connectivity index (χ2v) is 8.35. The van der Waals surface area contributed by atoms with Crippen molar-refractivity contribution in [1.29, 1.82) is 0 Å². The number of piperazine rings is 1. The molecule has 0 spiro atoms. The van der Waals surface area contributed by atoms with Gasteiger partial charge in [-0.2, -0.15) is 0 Å². The van der Waals surface area contributed by atoms with E-state index >= 15 is 0 Å². The van der Waals surface area contributed by atoms with Gasteiger partial charge in [0.05, 0.1) is 7.11 Å². The van der Waals surface area contributed by atoms with Gasteiger partial charge in [0.1, 0.15) is 5.75 Å². The largest absolute Gasteiger partial charge is 0.496 e. The van der Waals surface area contributed by atoms with E-state index in [1.807, 2.05) is 18.2 Å². The van der Waals surface area contributed by atoms with Crippen LogP contribution in [0.1, 0.15) is 22.3 Å². The molecule has 0 amide bonds. The Bertz CT molecular complexity index is 930. The Morgan fingerprint density at radius 3 is 2.09 bits per heavy atom. The van der Waals surface area contributed by atoms with Crippen LogP contribution in [0.15, 0.2) is 55.6 Å². The zero-order valence-corrected chi connectivity index (χ0v) is 21.1. The molecule has 1 aliphatic heterocycles. The molecule has 0 aliphatic carbocycles. The first-order valence-corrected chi connectivity index (χ1v) is 11.6. The van der Waals surface area contributed by atoms with Crippen LogP contribution in [0.3, 0.4) is 0 Å². The second kappa shape index (κ2) is 14.4. The van der Waals surface area contributed by atoms with Crippen molar-refractivity contribution in [3.05, 3.63) is 77.9 Å². The Kier molecular flexibility index (Phi) is 11.6. The SMILES string of the molecule is C=Cc1c(CN2CCN(C/C=C/c3ccc(N(C)C)cc3)CC2)ccc(OC)c1C=C.CNO. The molecule has 6 nitrogen and oxygen atoms in total. The molecule has 0 unspecified atom stereocenters. The van der Waals surface area contributed by atoms with Gasteiger partial charge in [-0.1, -0.05) is 55.7 Å². The van der Waals surface area contributed by atoms with Crippen LogP contribution in [0.25, 0.3) is 18.2 Å². The Balaban J connectivity index is 0.00000129. The van der Waals surface area contributed by atoms with E-state index in [4.69, 9.17) is 9.94 Å². The summed E-state index contributed by atoms with van der Waals surface area (Å²) in [5.41, 5.74) is 7.65. The van der Waals surface area contributed by atoms with Gasteiger partial charge in [-0.3, -0.25) is 9.80 Å². The average molecular weight is 465 g/mol. The van der Waals surface area contributed by atoms with E-state index < -0.39 is 0 Å². The summed E-state index contributed by atoms with van der Waals surface area (Å²) in [6, 6.07) is 12.9. The Morgan fingerprint density at radius 1 is 0.971 bits per heavy atom. The van der Waals surface area contributed by atoms with Crippen molar-refractivity contribution in [3.63, 3.8) is 0 Å². The van der Waals surface area contributed by atoms with Gasteiger partial charge in [-0.25, -0.2) is 5.48 Å². The number of rotatable bonds is 9. The fourth-order valence-electron chi connectivity index (χ4n) is 4.02. The molecule has 184 valence electrons. The minimum absolute atomic E-state index is 0.849. The second-order valence-electron chi connectivity index (χ2n) is 8.35. The molecule has 1 aliphatic rings. The zero-order chi connectivity index (χ0) is 24.9. The van der Waals surface area contributed by atoms with Crippen molar-refractivity contribution in [3.8, 4) is 5.75 Å². The standard InChI is InChI=1S/C27H35N3O.CH5NO/c1-6-25-23(12-15-27(31-5)26(25)7-2)21-30-19-17-29(18-20-30)16-8-9-22-10-13-24(14-11-22)28(3)4;1-2-3/h6-15H,1-2,16-21H2,3-5H3;2-3H,1H3/b9-8+;. The monoisotopic (exact) mass is 464 g/mol. The van der Waals surface area contributed by atoms with E-state index in [0.717, 1.165) is 56.1 Å².